The van der Waals surface area contributed by atoms with E-state index < -0.39 is 5.41 Å². The summed E-state index contributed by atoms with van der Waals surface area (Å²) in [5.74, 6) is -0.307. The quantitative estimate of drug-likeness (QED) is 0.833. The van der Waals surface area contributed by atoms with Gasteiger partial charge < -0.3 is 10.6 Å². The summed E-state index contributed by atoms with van der Waals surface area (Å²) >= 11 is 12.1. The minimum Gasteiger partial charge on any atom is -0.325 e. The Hall–Kier alpha value is -2.04. The van der Waals surface area contributed by atoms with Crippen molar-refractivity contribution in [3.05, 3.63) is 58.1 Å². The van der Waals surface area contributed by atoms with E-state index in [9.17, 15) is 9.59 Å². The van der Waals surface area contributed by atoms with Crippen molar-refractivity contribution < 1.29 is 9.59 Å². The minimum absolute atomic E-state index is 0.0825. The van der Waals surface area contributed by atoms with E-state index >= 15 is 0 Å². The fraction of sp³-hybridized carbons (Fsp3) is 0.222. The van der Waals surface area contributed by atoms with E-state index in [0.717, 1.165) is 18.4 Å². The Kier molecular flexibility index (Phi) is 4.52. The maximum atomic E-state index is 12.8. The van der Waals surface area contributed by atoms with E-state index in [0.29, 0.717) is 21.4 Å². The number of rotatable bonds is 4. The van der Waals surface area contributed by atoms with Crippen LogP contribution < -0.4 is 10.6 Å². The third-order valence-corrected chi connectivity index (χ3v) is 4.66. The van der Waals surface area contributed by atoms with Crippen LogP contribution in [0.1, 0.15) is 25.3 Å². The van der Waals surface area contributed by atoms with Gasteiger partial charge in [-0.2, -0.15) is 0 Å². The largest absolute Gasteiger partial charge is 0.325 e. The second-order valence-electron chi connectivity index (χ2n) is 5.92. The number of amides is 2. The lowest BCUT2D eigenvalue weighted by atomic mass is 9.95. The van der Waals surface area contributed by atoms with Gasteiger partial charge in [-0.25, -0.2) is 0 Å². The Balaban J connectivity index is 1.81. The summed E-state index contributed by atoms with van der Waals surface area (Å²) in [6, 6.07) is 12.4. The molecule has 1 aliphatic rings. The van der Waals surface area contributed by atoms with Gasteiger partial charge in [0.2, 0.25) is 11.8 Å². The molecule has 0 spiro atoms. The second kappa shape index (κ2) is 6.46. The van der Waals surface area contributed by atoms with Crippen LogP contribution in [0.25, 0.3) is 0 Å². The summed E-state index contributed by atoms with van der Waals surface area (Å²) < 4.78 is 0. The lowest BCUT2D eigenvalue weighted by Gasteiger charge is -2.17. The maximum absolute atomic E-state index is 12.8. The van der Waals surface area contributed by atoms with E-state index in [-0.39, 0.29) is 11.8 Å². The van der Waals surface area contributed by atoms with Crippen LogP contribution in [0.5, 0.6) is 0 Å². The first-order chi connectivity index (χ1) is 11.4. The molecule has 4 nitrogen and oxygen atoms in total. The van der Waals surface area contributed by atoms with Crippen molar-refractivity contribution in [1.82, 2.24) is 0 Å². The number of nitrogens with one attached hydrogen (secondary N) is 2. The van der Waals surface area contributed by atoms with E-state index in [1.54, 1.807) is 24.3 Å². The summed E-state index contributed by atoms with van der Waals surface area (Å²) in [6.07, 6.45) is 1.57. The summed E-state index contributed by atoms with van der Waals surface area (Å²) in [7, 11) is 0. The molecular formula is C18H16Cl2N2O2. The third kappa shape index (κ3) is 3.40. The van der Waals surface area contributed by atoms with E-state index in [1.165, 1.54) is 6.92 Å². The molecule has 2 amide bonds. The van der Waals surface area contributed by atoms with Gasteiger partial charge in [-0.3, -0.25) is 9.59 Å². The number of anilines is 2. The average Bonchev–Trinajstić information content (AvgIpc) is 3.32. The van der Waals surface area contributed by atoms with Crippen LogP contribution >= 0.6 is 23.2 Å². The molecule has 124 valence electrons. The first-order valence-electron chi connectivity index (χ1n) is 7.55. The van der Waals surface area contributed by atoms with Crippen LogP contribution in [0.2, 0.25) is 10.0 Å². The molecule has 0 unspecified atom stereocenters. The normalized spacial score (nSPS) is 14.8. The van der Waals surface area contributed by atoms with Gasteiger partial charge in [0.15, 0.2) is 0 Å². The molecular weight excluding hydrogens is 347 g/mol. The van der Waals surface area contributed by atoms with E-state index in [2.05, 4.69) is 10.6 Å². The Morgan fingerprint density at radius 1 is 1.04 bits per heavy atom. The number of carbonyl (C=O) groups excluding carboxylic acids is 2. The van der Waals surface area contributed by atoms with Crippen molar-refractivity contribution in [3.8, 4) is 0 Å². The molecule has 0 aliphatic heterocycles. The standard InChI is InChI=1S/C18H16Cl2N2O2/c1-11(23)21-16-10-14(5-6-15(16)20)22-17(24)18(7-8-18)12-3-2-4-13(19)9-12/h2-6,9-10H,7-8H2,1H3,(H,21,23)(H,22,24). The smallest absolute Gasteiger partial charge is 0.235 e. The highest BCUT2D eigenvalue weighted by Crippen LogP contribution is 2.49. The molecule has 6 heteroatoms. The number of benzene rings is 2. The Bertz CT molecular complexity index is 816. The van der Waals surface area contributed by atoms with Crippen molar-refractivity contribution >= 4 is 46.4 Å². The number of hydrogen-bond donors (Lipinski definition) is 2. The molecule has 1 saturated carbocycles. The molecule has 0 saturated heterocycles. The van der Waals surface area contributed by atoms with Crippen LogP contribution in [0, 0.1) is 0 Å². The molecule has 0 radical (unpaired) electrons. The zero-order valence-corrected chi connectivity index (χ0v) is 14.5. The van der Waals surface area contributed by atoms with Crippen molar-refractivity contribution in [2.75, 3.05) is 10.6 Å². The first-order valence-corrected chi connectivity index (χ1v) is 8.31. The number of carbonyl (C=O) groups is 2. The highest BCUT2D eigenvalue weighted by molar-refractivity contribution is 6.34. The molecule has 24 heavy (non-hydrogen) atoms. The molecule has 2 N–H and O–H groups in total. The van der Waals surface area contributed by atoms with Gasteiger partial charge in [-0.05, 0) is 48.7 Å². The summed E-state index contributed by atoms with van der Waals surface area (Å²) in [5, 5.41) is 6.58. The van der Waals surface area contributed by atoms with Crippen LogP contribution in [-0.2, 0) is 15.0 Å². The van der Waals surface area contributed by atoms with Crippen molar-refractivity contribution in [2.24, 2.45) is 0 Å². The van der Waals surface area contributed by atoms with E-state index in [4.69, 9.17) is 23.2 Å². The van der Waals surface area contributed by atoms with E-state index in [1.807, 2.05) is 18.2 Å². The lowest BCUT2D eigenvalue weighted by Crippen LogP contribution is -2.27. The molecule has 0 aromatic heterocycles. The number of halogens is 2. The fourth-order valence-electron chi connectivity index (χ4n) is 2.70. The molecule has 1 fully saturated rings. The fourth-order valence-corrected chi connectivity index (χ4v) is 3.05. The highest BCUT2D eigenvalue weighted by Gasteiger charge is 2.51. The minimum atomic E-state index is -0.529. The average molecular weight is 363 g/mol. The van der Waals surface area contributed by atoms with Crippen LogP contribution in [0.4, 0.5) is 11.4 Å². The molecule has 0 heterocycles. The van der Waals surface area contributed by atoms with Crippen molar-refractivity contribution in [1.29, 1.82) is 0 Å². The van der Waals surface area contributed by atoms with Gasteiger partial charge in [0.25, 0.3) is 0 Å². The SMILES string of the molecule is CC(=O)Nc1cc(NC(=O)C2(c3cccc(Cl)c3)CC2)ccc1Cl. The zero-order chi connectivity index (χ0) is 17.3. The first kappa shape index (κ1) is 16.8. The predicted octanol–water partition coefficient (Wildman–Crippen LogP) is 4.62. The van der Waals surface area contributed by atoms with Crippen LogP contribution in [0.15, 0.2) is 42.5 Å². The Morgan fingerprint density at radius 3 is 2.42 bits per heavy atom. The molecule has 3 rings (SSSR count). The summed E-state index contributed by atoms with van der Waals surface area (Å²) in [5.41, 5.74) is 1.44. The maximum Gasteiger partial charge on any atom is 0.235 e. The molecule has 0 bridgehead atoms. The molecule has 2 aromatic rings. The molecule has 2 aromatic carbocycles. The van der Waals surface area contributed by atoms with Gasteiger partial charge in [0, 0.05) is 17.6 Å². The topological polar surface area (TPSA) is 58.2 Å². The van der Waals surface area contributed by atoms with Gasteiger partial charge in [-0.15, -0.1) is 0 Å². The van der Waals surface area contributed by atoms with Gasteiger partial charge in [0.05, 0.1) is 16.1 Å². The summed E-state index contributed by atoms with van der Waals surface area (Å²) in [4.78, 5) is 24.0. The van der Waals surface area contributed by atoms with Gasteiger partial charge in [0.1, 0.15) is 0 Å². The predicted molar refractivity (Wildman–Crippen MR) is 96.7 cm³/mol. The summed E-state index contributed by atoms with van der Waals surface area (Å²) in [6.45, 7) is 1.40. The monoisotopic (exact) mass is 362 g/mol. The zero-order valence-electron chi connectivity index (χ0n) is 13.0. The molecule has 0 atom stereocenters. The Labute approximate surface area is 150 Å². The van der Waals surface area contributed by atoms with Crippen LogP contribution in [-0.4, -0.2) is 11.8 Å². The van der Waals surface area contributed by atoms with Gasteiger partial charge >= 0.3 is 0 Å². The number of hydrogen-bond acceptors (Lipinski definition) is 2. The van der Waals surface area contributed by atoms with Crippen molar-refractivity contribution in [2.45, 2.75) is 25.2 Å². The van der Waals surface area contributed by atoms with Gasteiger partial charge in [-0.1, -0.05) is 35.3 Å². The lowest BCUT2D eigenvalue weighted by molar-refractivity contribution is -0.118. The third-order valence-electron chi connectivity index (χ3n) is 4.10. The van der Waals surface area contributed by atoms with Crippen molar-refractivity contribution in [3.63, 3.8) is 0 Å². The molecule has 1 aliphatic carbocycles. The van der Waals surface area contributed by atoms with Crippen LogP contribution in [0.3, 0.4) is 0 Å². The second-order valence-corrected chi connectivity index (χ2v) is 6.77. The Morgan fingerprint density at radius 2 is 1.79 bits per heavy atom. The highest BCUT2D eigenvalue weighted by atomic mass is 35.5.